The number of nitrogens with zero attached hydrogens (tertiary/aromatic N) is 2. The zero-order chi connectivity index (χ0) is 5.98. The van der Waals surface area contributed by atoms with Crippen LogP contribution in [-0.4, -0.2) is 11.9 Å². The first-order valence-corrected chi connectivity index (χ1v) is 2.48. The molecule has 4 heteroatoms. The highest BCUT2D eigenvalue weighted by Crippen LogP contribution is 2.00. The smallest absolute Gasteiger partial charge is 0.243 e. The van der Waals surface area contributed by atoms with Gasteiger partial charge in [0.2, 0.25) is 5.91 Å². The molecule has 0 spiro atoms. The molecule has 0 aromatic carbocycles. The van der Waals surface area contributed by atoms with Gasteiger partial charge in [-0.3, -0.25) is 4.79 Å². The third kappa shape index (κ3) is 1.02. The van der Waals surface area contributed by atoms with Gasteiger partial charge in [0.15, 0.2) is 0 Å². The van der Waals surface area contributed by atoms with E-state index in [2.05, 4.69) is 15.8 Å². The molecule has 1 aliphatic heterocycles. The molecule has 0 aromatic rings. The van der Waals surface area contributed by atoms with E-state index in [9.17, 15) is 4.79 Å². The average molecular weight is 113 g/mol. The summed E-state index contributed by atoms with van der Waals surface area (Å²) in [6, 6.07) is 0.0590. The number of rotatable bonds is 0. The van der Waals surface area contributed by atoms with Crippen molar-refractivity contribution in [2.75, 3.05) is 0 Å². The predicted octanol–water partition coefficient (Wildman–Crippen LogP) is 0.262. The van der Waals surface area contributed by atoms with Crippen molar-refractivity contribution in [1.82, 2.24) is 5.43 Å². The Bertz CT molecular complexity index is 131. The largest absolute Gasteiger partial charge is 0.273 e. The van der Waals surface area contributed by atoms with Crippen molar-refractivity contribution >= 4 is 5.91 Å². The van der Waals surface area contributed by atoms with Crippen LogP contribution < -0.4 is 5.43 Å². The van der Waals surface area contributed by atoms with Gasteiger partial charge in [-0.1, -0.05) is 5.22 Å². The molecule has 1 rings (SSSR count). The van der Waals surface area contributed by atoms with Crippen LogP contribution in [-0.2, 0) is 4.79 Å². The summed E-state index contributed by atoms with van der Waals surface area (Å²) in [5.41, 5.74) is 2.23. The van der Waals surface area contributed by atoms with Crippen LogP contribution >= 0.6 is 0 Å². The molecule has 0 fully saturated rings. The van der Waals surface area contributed by atoms with Crippen molar-refractivity contribution in [2.24, 2.45) is 10.3 Å². The fourth-order valence-electron chi connectivity index (χ4n) is 0.538. The lowest BCUT2D eigenvalue weighted by Gasteiger charge is -2.07. The number of carbonyl (C=O) groups excluding carboxylic acids is 1. The summed E-state index contributed by atoms with van der Waals surface area (Å²) in [6.07, 6.45) is 0.462. The summed E-state index contributed by atoms with van der Waals surface area (Å²) in [4.78, 5) is 10.4. The van der Waals surface area contributed by atoms with E-state index in [0.29, 0.717) is 6.42 Å². The zero-order valence-electron chi connectivity index (χ0n) is 4.59. The van der Waals surface area contributed by atoms with Crippen LogP contribution in [0.2, 0.25) is 0 Å². The molecule has 0 saturated heterocycles. The van der Waals surface area contributed by atoms with Gasteiger partial charge in [0, 0.05) is 0 Å². The lowest BCUT2D eigenvalue weighted by molar-refractivity contribution is -0.122. The summed E-state index contributed by atoms with van der Waals surface area (Å²) in [5.74, 6) is -0.0486. The van der Waals surface area contributed by atoms with Gasteiger partial charge in [0.05, 0.1) is 12.5 Å². The Labute approximate surface area is 47.0 Å². The maximum atomic E-state index is 10.4. The van der Waals surface area contributed by atoms with Crippen molar-refractivity contribution in [1.29, 1.82) is 0 Å². The summed E-state index contributed by atoms with van der Waals surface area (Å²) in [6.45, 7) is 1.85. The topological polar surface area (TPSA) is 53.8 Å². The Morgan fingerprint density at radius 2 is 2.62 bits per heavy atom. The molecule has 1 heterocycles. The van der Waals surface area contributed by atoms with Crippen LogP contribution in [0.1, 0.15) is 13.3 Å². The van der Waals surface area contributed by atoms with E-state index in [1.807, 2.05) is 6.92 Å². The Morgan fingerprint density at radius 3 is 3.00 bits per heavy atom. The molecule has 0 aromatic heterocycles. The van der Waals surface area contributed by atoms with E-state index in [0.717, 1.165) is 0 Å². The van der Waals surface area contributed by atoms with Gasteiger partial charge in [-0.2, -0.15) is 5.11 Å². The summed E-state index contributed by atoms with van der Waals surface area (Å²) in [7, 11) is 0. The fourth-order valence-corrected chi connectivity index (χ4v) is 0.538. The van der Waals surface area contributed by atoms with E-state index < -0.39 is 0 Å². The number of hydrogen-bond donors (Lipinski definition) is 1. The van der Waals surface area contributed by atoms with Gasteiger partial charge in [0.25, 0.3) is 0 Å². The first-order chi connectivity index (χ1) is 3.79. The summed E-state index contributed by atoms with van der Waals surface area (Å²) < 4.78 is 0. The monoisotopic (exact) mass is 113 g/mol. The first-order valence-electron chi connectivity index (χ1n) is 2.48. The molecule has 4 nitrogen and oxygen atoms in total. The molecule has 0 aliphatic carbocycles. The molecule has 0 radical (unpaired) electrons. The Kier molecular flexibility index (Phi) is 1.24. The number of hydrogen-bond acceptors (Lipinski definition) is 3. The van der Waals surface area contributed by atoms with E-state index in [-0.39, 0.29) is 11.9 Å². The maximum Gasteiger partial charge on any atom is 0.243 e. The molecule has 0 saturated carbocycles. The standard InChI is InChI=1S/C4H7N3O/c1-3-2-4(8)6-7-5-3/h3H,2H2,1H3,(H,5,6,8). The average Bonchev–Trinajstić information content (AvgIpc) is 1.64. The van der Waals surface area contributed by atoms with Gasteiger partial charge in [-0.15, -0.1) is 0 Å². The number of amides is 1. The van der Waals surface area contributed by atoms with E-state index in [1.165, 1.54) is 0 Å². The highest BCUT2D eigenvalue weighted by molar-refractivity contribution is 5.76. The van der Waals surface area contributed by atoms with Crippen molar-refractivity contribution in [3.63, 3.8) is 0 Å². The zero-order valence-corrected chi connectivity index (χ0v) is 4.59. The van der Waals surface area contributed by atoms with E-state index in [4.69, 9.17) is 0 Å². The third-order valence-electron chi connectivity index (χ3n) is 0.910. The quantitative estimate of drug-likeness (QED) is 0.481. The van der Waals surface area contributed by atoms with Gasteiger partial charge >= 0.3 is 0 Å². The molecule has 1 unspecified atom stereocenters. The third-order valence-corrected chi connectivity index (χ3v) is 0.910. The molecule has 0 bridgehead atoms. The first kappa shape index (κ1) is 5.21. The Balaban J connectivity index is 2.54. The SMILES string of the molecule is CC1CC(=O)NN=N1. The molecular weight excluding hydrogens is 106 g/mol. The predicted molar refractivity (Wildman–Crippen MR) is 27.1 cm³/mol. The summed E-state index contributed by atoms with van der Waals surface area (Å²) in [5, 5.41) is 7.04. The molecule has 1 amide bonds. The van der Waals surface area contributed by atoms with Crippen LogP contribution in [0.4, 0.5) is 0 Å². The van der Waals surface area contributed by atoms with Crippen LogP contribution in [0, 0.1) is 0 Å². The van der Waals surface area contributed by atoms with Crippen molar-refractivity contribution in [2.45, 2.75) is 19.4 Å². The molecule has 8 heavy (non-hydrogen) atoms. The van der Waals surface area contributed by atoms with Crippen molar-refractivity contribution in [3.05, 3.63) is 0 Å². The minimum absolute atomic E-state index is 0.0486. The minimum Gasteiger partial charge on any atom is -0.273 e. The lowest BCUT2D eigenvalue weighted by atomic mass is 10.2. The van der Waals surface area contributed by atoms with Gasteiger partial charge in [-0.25, -0.2) is 5.43 Å². The van der Waals surface area contributed by atoms with Crippen LogP contribution in [0.5, 0.6) is 0 Å². The Morgan fingerprint density at radius 1 is 1.88 bits per heavy atom. The van der Waals surface area contributed by atoms with Crippen LogP contribution in [0.3, 0.4) is 0 Å². The molecule has 1 atom stereocenters. The molecular formula is C4H7N3O. The second-order valence-corrected chi connectivity index (χ2v) is 1.80. The van der Waals surface area contributed by atoms with Gasteiger partial charge in [-0.05, 0) is 6.92 Å². The summed E-state index contributed by atoms with van der Waals surface area (Å²) >= 11 is 0. The normalized spacial score (nSPS) is 27.6. The molecule has 44 valence electrons. The minimum atomic E-state index is -0.0486. The lowest BCUT2D eigenvalue weighted by Crippen LogP contribution is -2.25. The second kappa shape index (κ2) is 1.90. The fraction of sp³-hybridized carbons (Fsp3) is 0.750. The highest BCUT2D eigenvalue weighted by atomic mass is 16.2. The van der Waals surface area contributed by atoms with Crippen molar-refractivity contribution in [3.8, 4) is 0 Å². The van der Waals surface area contributed by atoms with Crippen LogP contribution in [0.15, 0.2) is 10.3 Å². The maximum absolute atomic E-state index is 10.4. The molecule has 1 aliphatic rings. The van der Waals surface area contributed by atoms with Gasteiger partial charge in [0.1, 0.15) is 0 Å². The molecule has 1 N–H and O–H groups in total. The van der Waals surface area contributed by atoms with E-state index >= 15 is 0 Å². The number of carbonyl (C=O) groups is 1. The Hall–Kier alpha value is -0.930. The number of nitrogens with one attached hydrogen (secondary N) is 1. The van der Waals surface area contributed by atoms with Crippen molar-refractivity contribution < 1.29 is 4.79 Å². The van der Waals surface area contributed by atoms with Gasteiger partial charge < -0.3 is 0 Å². The van der Waals surface area contributed by atoms with Crippen LogP contribution in [0.25, 0.3) is 0 Å². The highest BCUT2D eigenvalue weighted by Gasteiger charge is 2.10. The van der Waals surface area contributed by atoms with E-state index in [1.54, 1.807) is 0 Å². The second-order valence-electron chi connectivity index (χ2n) is 1.80.